The fourth-order valence-electron chi connectivity index (χ4n) is 4.77. The van der Waals surface area contributed by atoms with E-state index >= 15 is 0 Å². The minimum atomic E-state index is -0.924. The number of carbonyl (C=O) groups is 3. The molecule has 1 aromatic rings. The van der Waals surface area contributed by atoms with Crippen molar-refractivity contribution in [3.8, 4) is 5.75 Å². The highest BCUT2D eigenvalue weighted by Gasteiger charge is 2.49. The minimum absolute atomic E-state index is 0.0657. The first-order valence-corrected chi connectivity index (χ1v) is 9.60. The van der Waals surface area contributed by atoms with Crippen LogP contribution in [0.3, 0.4) is 0 Å². The maximum absolute atomic E-state index is 12.6. The summed E-state index contributed by atoms with van der Waals surface area (Å²) < 4.78 is 5.64. The molecule has 0 aromatic heterocycles. The van der Waals surface area contributed by atoms with Gasteiger partial charge >= 0.3 is 5.97 Å². The number of fused-ring (bicyclic) bond motifs is 1. The summed E-state index contributed by atoms with van der Waals surface area (Å²) in [5, 5.41) is 9.58. The number of anilines is 1. The van der Waals surface area contributed by atoms with Crippen molar-refractivity contribution in [2.24, 2.45) is 11.8 Å². The molecule has 0 spiro atoms. The number of ether oxygens (including phenoxy) is 1. The van der Waals surface area contributed by atoms with Crippen LogP contribution in [0, 0.1) is 11.8 Å². The topological polar surface area (TPSA) is 87.2 Å². The molecule has 1 N–H and O–H groups in total. The van der Waals surface area contributed by atoms with E-state index in [1.807, 2.05) is 6.07 Å². The molecule has 3 aliphatic rings. The van der Waals surface area contributed by atoms with Crippen LogP contribution >= 0.6 is 0 Å². The van der Waals surface area contributed by atoms with Crippen LogP contribution in [0.15, 0.2) is 24.3 Å². The van der Waals surface area contributed by atoms with Gasteiger partial charge in [-0.3, -0.25) is 9.59 Å². The molecule has 7 nitrogen and oxygen atoms in total. The summed E-state index contributed by atoms with van der Waals surface area (Å²) >= 11 is 0. The molecule has 3 fully saturated rings. The average Bonchev–Trinajstić information content (AvgIpc) is 3.34. The second-order valence-corrected chi connectivity index (χ2v) is 7.62. The summed E-state index contributed by atoms with van der Waals surface area (Å²) in [5.74, 6) is -0.259. The van der Waals surface area contributed by atoms with Crippen LogP contribution in [0.1, 0.15) is 32.1 Å². The molecule has 3 unspecified atom stereocenters. The van der Waals surface area contributed by atoms with Gasteiger partial charge in [-0.25, -0.2) is 4.79 Å². The van der Waals surface area contributed by atoms with Gasteiger partial charge in [0.05, 0.1) is 0 Å². The third kappa shape index (κ3) is 3.38. The Bertz CT molecular complexity index is 764. The van der Waals surface area contributed by atoms with Gasteiger partial charge in [-0.05, 0) is 43.2 Å². The van der Waals surface area contributed by atoms with Crippen molar-refractivity contribution < 1.29 is 24.2 Å². The lowest BCUT2D eigenvalue weighted by molar-refractivity contribution is -0.150. The fourth-order valence-corrected chi connectivity index (χ4v) is 4.77. The van der Waals surface area contributed by atoms with Gasteiger partial charge in [0.1, 0.15) is 11.8 Å². The SMILES string of the molecule is O=C(O)C1C2CCCC2CN1C(=O)COc1cccc(N2CCCC2=O)c1. The molecule has 2 heterocycles. The highest BCUT2D eigenvalue weighted by molar-refractivity contribution is 5.95. The third-order valence-electron chi connectivity index (χ3n) is 6.03. The van der Waals surface area contributed by atoms with Gasteiger partial charge in [0.25, 0.3) is 5.91 Å². The van der Waals surface area contributed by atoms with Gasteiger partial charge in [-0.15, -0.1) is 0 Å². The monoisotopic (exact) mass is 372 g/mol. The van der Waals surface area contributed by atoms with Crippen molar-refractivity contribution >= 4 is 23.5 Å². The van der Waals surface area contributed by atoms with E-state index < -0.39 is 12.0 Å². The van der Waals surface area contributed by atoms with Crippen molar-refractivity contribution in [2.75, 3.05) is 24.6 Å². The molecule has 0 radical (unpaired) electrons. The number of benzene rings is 1. The summed E-state index contributed by atoms with van der Waals surface area (Å²) in [6.45, 7) is 1.00. The smallest absolute Gasteiger partial charge is 0.326 e. The maximum atomic E-state index is 12.6. The van der Waals surface area contributed by atoms with Crippen molar-refractivity contribution in [3.05, 3.63) is 24.3 Å². The quantitative estimate of drug-likeness (QED) is 0.853. The van der Waals surface area contributed by atoms with Crippen LogP contribution in [-0.4, -0.2) is 53.5 Å². The van der Waals surface area contributed by atoms with Crippen molar-refractivity contribution in [1.82, 2.24) is 4.90 Å². The van der Waals surface area contributed by atoms with E-state index in [4.69, 9.17) is 4.74 Å². The number of carbonyl (C=O) groups excluding carboxylic acids is 2. The number of rotatable bonds is 5. The molecule has 144 valence electrons. The number of aliphatic carboxylic acids is 1. The number of hydrogen-bond acceptors (Lipinski definition) is 4. The summed E-state index contributed by atoms with van der Waals surface area (Å²) in [7, 11) is 0. The molecule has 1 aliphatic carbocycles. The summed E-state index contributed by atoms with van der Waals surface area (Å²) in [4.78, 5) is 39.4. The third-order valence-corrected chi connectivity index (χ3v) is 6.03. The lowest BCUT2D eigenvalue weighted by atomic mass is 9.94. The number of amides is 2. The number of hydrogen-bond donors (Lipinski definition) is 1. The average molecular weight is 372 g/mol. The van der Waals surface area contributed by atoms with Gasteiger partial charge in [-0.2, -0.15) is 0 Å². The molecular formula is C20H24N2O5. The van der Waals surface area contributed by atoms with Crippen molar-refractivity contribution in [1.29, 1.82) is 0 Å². The summed E-state index contributed by atoms with van der Waals surface area (Å²) in [5.41, 5.74) is 0.765. The fraction of sp³-hybridized carbons (Fsp3) is 0.550. The molecule has 27 heavy (non-hydrogen) atoms. The van der Waals surface area contributed by atoms with Crippen LogP contribution < -0.4 is 9.64 Å². The first-order valence-electron chi connectivity index (χ1n) is 9.60. The van der Waals surface area contributed by atoms with Gasteiger partial charge in [0, 0.05) is 31.3 Å². The normalized spacial score (nSPS) is 27.1. The molecule has 2 amide bonds. The first-order chi connectivity index (χ1) is 13.0. The molecule has 7 heteroatoms. The summed E-state index contributed by atoms with van der Waals surface area (Å²) in [6, 6.07) is 6.40. The molecule has 1 aromatic carbocycles. The van der Waals surface area contributed by atoms with Crippen LogP contribution in [0.4, 0.5) is 5.69 Å². The van der Waals surface area contributed by atoms with Crippen LogP contribution in [0.25, 0.3) is 0 Å². The Morgan fingerprint density at radius 2 is 2.07 bits per heavy atom. The van der Waals surface area contributed by atoms with E-state index in [9.17, 15) is 19.5 Å². The Morgan fingerprint density at radius 1 is 1.22 bits per heavy atom. The second-order valence-electron chi connectivity index (χ2n) is 7.62. The molecule has 1 saturated carbocycles. The molecule has 2 saturated heterocycles. The number of nitrogens with zero attached hydrogens (tertiary/aromatic N) is 2. The molecule has 0 bridgehead atoms. The minimum Gasteiger partial charge on any atom is -0.484 e. The largest absolute Gasteiger partial charge is 0.484 e. The number of likely N-dealkylation sites (tertiary alicyclic amines) is 1. The second kappa shape index (κ2) is 7.21. The van der Waals surface area contributed by atoms with E-state index in [-0.39, 0.29) is 24.3 Å². The van der Waals surface area contributed by atoms with E-state index in [0.717, 1.165) is 31.4 Å². The maximum Gasteiger partial charge on any atom is 0.326 e. The Morgan fingerprint density at radius 3 is 2.81 bits per heavy atom. The van der Waals surface area contributed by atoms with Crippen molar-refractivity contribution in [2.45, 2.75) is 38.1 Å². The van der Waals surface area contributed by atoms with E-state index in [2.05, 4.69) is 0 Å². The predicted molar refractivity (Wildman–Crippen MR) is 97.5 cm³/mol. The zero-order chi connectivity index (χ0) is 19.0. The van der Waals surface area contributed by atoms with Gasteiger partial charge in [0.15, 0.2) is 6.61 Å². The number of carboxylic acids is 1. The Hall–Kier alpha value is -2.57. The summed E-state index contributed by atoms with van der Waals surface area (Å²) in [6.07, 6.45) is 4.30. The van der Waals surface area contributed by atoms with Crippen LogP contribution in [-0.2, 0) is 14.4 Å². The predicted octanol–water partition coefficient (Wildman–Crippen LogP) is 1.90. The number of carboxylic acid groups (broad SMARTS) is 1. The molecule has 2 aliphatic heterocycles. The van der Waals surface area contributed by atoms with Gasteiger partial charge in [-0.1, -0.05) is 12.5 Å². The van der Waals surface area contributed by atoms with Crippen LogP contribution in [0.2, 0.25) is 0 Å². The standard InChI is InChI=1S/C20H24N2O5/c23-17-8-3-9-21(17)14-5-2-6-15(10-14)27-12-18(24)22-11-13-4-1-7-16(13)19(22)20(25)26/h2,5-6,10,13,16,19H,1,3-4,7-9,11-12H2,(H,25,26). The Kier molecular flexibility index (Phi) is 4.76. The van der Waals surface area contributed by atoms with Crippen molar-refractivity contribution in [3.63, 3.8) is 0 Å². The van der Waals surface area contributed by atoms with Gasteiger partial charge in [0.2, 0.25) is 5.91 Å². The molecule has 4 rings (SSSR count). The van der Waals surface area contributed by atoms with E-state index in [1.165, 1.54) is 4.90 Å². The van der Waals surface area contributed by atoms with Crippen LogP contribution in [0.5, 0.6) is 5.75 Å². The lowest BCUT2D eigenvalue weighted by Crippen LogP contribution is -2.45. The van der Waals surface area contributed by atoms with Gasteiger partial charge < -0.3 is 19.6 Å². The highest BCUT2D eigenvalue weighted by atomic mass is 16.5. The highest BCUT2D eigenvalue weighted by Crippen LogP contribution is 2.42. The van der Waals surface area contributed by atoms with E-state index in [0.29, 0.717) is 31.2 Å². The Labute approximate surface area is 157 Å². The Balaban J connectivity index is 1.41. The molecular weight excluding hydrogens is 348 g/mol. The first kappa shape index (κ1) is 17.8. The zero-order valence-corrected chi connectivity index (χ0v) is 15.2. The molecule has 3 atom stereocenters. The zero-order valence-electron chi connectivity index (χ0n) is 15.2. The lowest BCUT2D eigenvalue weighted by Gasteiger charge is -2.24. The van der Waals surface area contributed by atoms with E-state index in [1.54, 1.807) is 23.1 Å².